The first-order chi connectivity index (χ1) is 12.2. The SMILES string of the molecule is CCOC(=O)CN1C(=O)C(OC(C)(C)C)=C1c1ccc(C(=O)OC)cc1. The van der Waals surface area contributed by atoms with Crippen molar-refractivity contribution in [3.63, 3.8) is 0 Å². The Balaban J connectivity index is 2.37. The fourth-order valence-corrected chi connectivity index (χ4v) is 2.45. The van der Waals surface area contributed by atoms with Gasteiger partial charge >= 0.3 is 11.9 Å². The Morgan fingerprint density at radius 2 is 1.73 bits per heavy atom. The summed E-state index contributed by atoms with van der Waals surface area (Å²) in [6.45, 7) is 7.24. The molecule has 0 atom stereocenters. The summed E-state index contributed by atoms with van der Waals surface area (Å²) >= 11 is 0. The lowest BCUT2D eigenvalue weighted by molar-refractivity contribution is -0.149. The van der Waals surface area contributed by atoms with Gasteiger partial charge in [-0.05, 0) is 39.8 Å². The van der Waals surface area contributed by atoms with Crippen LogP contribution < -0.4 is 0 Å². The van der Waals surface area contributed by atoms with Crippen LogP contribution >= 0.6 is 0 Å². The highest BCUT2D eigenvalue weighted by Gasteiger charge is 2.42. The van der Waals surface area contributed by atoms with Gasteiger partial charge in [-0.1, -0.05) is 12.1 Å². The van der Waals surface area contributed by atoms with Crippen LogP contribution in [0.15, 0.2) is 30.0 Å². The van der Waals surface area contributed by atoms with E-state index in [0.717, 1.165) is 0 Å². The molecule has 1 aliphatic rings. The van der Waals surface area contributed by atoms with Gasteiger partial charge in [-0.25, -0.2) is 4.79 Å². The predicted molar refractivity (Wildman–Crippen MR) is 93.9 cm³/mol. The summed E-state index contributed by atoms with van der Waals surface area (Å²) < 4.78 is 15.4. The van der Waals surface area contributed by atoms with Crippen LogP contribution in [-0.2, 0) is 23.8 Å². The lowest BCUT2D eigenvalue weighted by Gasteiger charge is -2.38. The first-order valence-corrected chi connectivity index (χ1v) is 8.27. The number of rotatable bonds is 6. The monoisotopic (exact) mass is 361 g/mol. The van der Waals surface area contributed by atoms with Gasteiger partial charge < -0.3 is 14.2 Å². The van der Waals surface area contributed by atoms with E-state index in [2.05, 4.69) is 4.74 Å². The van der Waals surface area contributed by atoms with Crippen LogP contribution in [0.4, 0.5) is 0 Å². The molecule has 1 amide bonds. The van der Waals surface area contributed by atoms with Gasteiger partial charge in [0.05, 0.1) is 19.3 Å². The summed E-state index contributed by atoms with van der Waals surface area (Å²) in [5.74, 6) is -1.14. The molecule has 2 rings (SSSR count). The quantitative estimate of drug-likeness (QED) is 0.724. The van der Waals surface area contributed by atoms with Gasteiger partial charge in [-0.3, -0.25) is 14.5 Å². The molecule has 1 aliphatic heterocycles. The maximum Gasteiger partial charge on any atom is 0.337 e. The highest BCUT2D eigenvalue weighted by molar-refractivity contribution is 6.13. The first-order valence-electron chi connectivity index (χ1n) is 8.27. The molecule has 0 aliphatic carbocycles. The molecule has 0 spiro atoms. The number of methoxy groups -OCH3 is 1. The van der Waals surface area contributed by atoms with Crippen molar-refractivity contribution in [1.29, 1.82) is 0 Å². The molecule has 1 heterocycles. The van der Waals surface area contributed by atoms with E-state index in [1.54, 1.807) is 31.2 Å². The number of nitrogens with zero attached hydrogens (tertiary/aromatic N) is 1. The topological polar surface area (TPSA) is 82.1 Å². The first kappa shape index (κ1) is 19.5. The Hall–Kier alpha value is -2.83. The molecule has 0 N–H and O–H groups in total. The average molecular weight is 361 g/mol. The van der Waals surface area contributed by atoms with E-state index < -0.39 is 17.5 Å². The summed E-state index contributed by atoms with van der Waals surface area (Å²) in [5.41, 5.74) is 0.964. The van der Waals surface area contributed by atoms with Crippen LogP contribution in [-0.4, -0.2) is 48.6 Å². The molecule has 0 fully saturated rings. The van der Waals surface area contributed by atoms with Crippen molar-refractivity contribution in [3.8, 4) is 0 Å². The van der Waals surface area contributed by atoms with Crippen molar-refractivity contribution in [3.05, 3.63) is 41.2 Å². The average Bonchev–Trinajstić information content (AvgIpc) is 2.59. The normalized spacial score (nSPS) is 14.0. The Kier molecular flexibility index (Phi) is 5.69. The molecule has 7 heteroatoms. The van der Waals surface area contributed by atoms with Gasteiger partial charge in [-0.2, -0.15) is 0 Å². The van der Waals surface area contributed by atoms with E-state index in [4.69, 9.17) is 9.47 Å². The molecular weight excluding hydrogens is 338 g/mol. The van der Waals surface area contributed by atoms with E-state index in [1.165, 1.54) is 12.0 Å². The van der Waals surface area contributed by atoms with Gasteiger partial charge in [0.1, 0.15) is 17.8 Å². The van der Waals surface area contributed by atoms with Gasteiger partial charge in [0.2, 0.25) is 5.76 Å². The van der Waals surface area contributed by atoms with Crippen molar-refractivity contribution >= 4 is 23.5 Å². The van der Waals surface area contributed by atoms with E-state index in [1.807, 2.05) is 20.8 Å². The lowest BCUT2D eigenvalue weighted by Crippen LogP contribution is -2.46. The number of carbonyl (C=O) groups is 3. The maximum atomic E-state index is 12.4. The minimum absolute atomic E-state index is 0.188. The van der Waals surface area contributed by atoms with Gasteiger partial charge in [0, 0.05) is 5.56 Å². The van der Waals surface area contributed by atoms with Crippen LogP contribution in [0, 0.1) is 0 Å². The zero-order valence-corrected chi connectivity index (χ0v) is 15.6. The van der Waals surface area contributed by atoms with Gasteiger partial charge in [0.25, 0.3) is 5.91 Å². The van der Waals surface area contributed by atoms with Crippen LogP contribution in [0.5, 0.6) is 0 Å². The molecule has 26 heavy (non-hydrogen) atoms. The smallest absolute Gasteiger partial charge is 0.337 e. The third-order valence-electron chi connectivity index (χ3n) is 3.50. The molecule has 7 nitrogen and oxygen atoms in total. The second-order valence-electron chi connectivity index (χ2n) is 6.66. The summed E-state index contributed by atoms with van der Waals surface area (Å²) in [6, 6.07) is 6.54. The van der Waals surface area contributed by atoms with Crippen molar-refractivity contribution < 1.29 is 28.6 Å². The van der Waals surface area contributed by atoms with Crippen molar-refractivity contribution in [2.45, 2.75) is 33.3 Å². The molecule has 0 saturated carbocycles. The van der Waals surface area contributed by atoms with Crippen molar-refractivity contribution in [2.24, 2.45) is 0 Å². The molecule has 0 saturated heterocycles. The Morgan fingerprint density at radius 3 is 2.23 bits per heavy atom. The van der Waals surface area contributed by atoms with Crippen LogP contribution in [0.2, 0.25) is 0 Å². The number of amides is 1. The Labute approximate surface area is 152 Å². The second kappa shape index (κ2) is 7.59. The summed E-state index contributed by atoms with van der Waals surface area (Å²) in [5, 5.41) is 0. The number of hydrogen-bond donors (Lipinski definition) is 0. The minimum atomic E-state index is -0.571. The zero-order valence-electron chi connectivity index (χ0n) is 15.6. The molecule has 140 valence electrons. The number of hydrogen-bond acceptors (Lipinski definition) is 6. The minimum Gasteiger partial charge on any atom is -0.481 e. The highest BCUT2D eigenvalue weighted by atomic mass is 16.5. The van der Waals surface area contributed by atoms with E-state index in [-0.39, 0.29) is 24.8 Å². The van der Waals surface area contributed by atoms with E-state index >= 15 is 0 Å². The molecule has 0 radical (unpaired) electrons. The van der Waals surface area contributed by atoms with Crippen LogP contribution in [0.1, 0.15) is 43.6 Å². The molecule has 0 aromatic heterocycles. The summed E-state index contributed by atoms with van der Waals surface area (Å²) in [4.78, 5) is 37.1. The number of carbonyl (C=O) groups excluding carboxylic acids is 3. The number of esters is 2. The third-order valence-corrected chi connectivity index (χ3v) is 3.50. The molecule has 1 aromatic carbocycles. The van der Waals surface area contributed by atoms with E-state index in [9.17, 15) is 14.4 Å². The lowest BCUT2D eigenvalue weighted by atomic mass is 10.0. The standard InChI is InChI=1S/C19H23NO6/c1-6-25-14(21)11-20-15(16(17(20)22)26-19(2,3)4)12-7-9-13(10-8-12)18(23)24-5/h7-10H,6,11H2,1-5H3. The van der Waals surface area contributed by atoms with Crippen molar-refractivity contribution in [2.75, 3.05) is 20.3 Å². The molecule has 1 aromatic rings. The molecule has 0 bridgehead atoms. The van der Waals surface area contributed by atoms with Gasteiger partial charge in [-0.15, -0.1) is 0 Å². The summed E-state index contributed by atoms with van der Waals surface area (Å²) in [6.07, 6.45) is 0. The summed E-state index contributed by atoms with van der Waals surface area (Å²) in [7, 11) is 1.31. The second-order valence-corrected chi connectivity index (χ2v) is 6.66. The maximum absolute atomic E-state index is 12.4. The van der Waals surface area contributed by atoms with Crippen LogP contribution in [0.25, 0.3) is 5.70 Å². The van der Waals surface area contributed by atoms with Crippen LogP contribution in [0.3, 0.4) is 0 Å². The fraction of sp³-hybridized carbons (Fsp3) is 0.421. The fourth-order valence-electron chi connectivity index (χ4n) is 2.45. The zero-order chi connectivity index (χ0) is 19.5. The Morgan fingerprint density at radius 1 is 1.12 bits per heavy atom. The van der Waals surface area contributed by atoms with Gasteiger partial charge in [0.15, 0.2) is 0 Å². The third kappa shape index (κ3) is 4.22. The highest BCUT2D eigenvalue weighted by Crippen LogP contribution is 2.36. The number of benzene rings is 1. The largest absolute Gasteiger partial charge is 0.481 e. The molecular formula is C19H23NO6. The molecule has 0 unspecified atom stereocenters. The Bertz CT molecular complexity index is 742. The predicted octanol–water partition coefficient (Wildman–Crippen LogP) is 2.36. The number of ether oxygens (including phenoxy) is 3. The van der Waals surface area contributed by atoms with E-state index in [0.29, 0.717) is 16.8 Å². The van der Waals surface area contributed by atoms with Crippen molar-refractivity contribution in [1.82, 2.24) is 4.90 Å².